The Hall–Kier alpha value is -2.60. The summed E-state index contributed by atoms with van der Waals surface area (Å²) in [5.74, 6) is 0.0715. The first-order valence-corrected chi connectivity index (χ1v) is 40.8. The number of amides is 2. The third kappa shape index (κ3) is 19.5. The van der Waals surface area contributed by atoms with Crippen molar-refractivity contribution in [2.75, 3.05) is 13.1 Å². The van der Waals surface area contributed by atoms with Gasteiger partial charge in [0, 0.05) is 32.6 Å². The van der Waals surface area contributed by atoms with Gasteiger partial charge in [-0.05, 0) is 81.8 Å². The fourth-order valence-corrected chi connectivity index (χ4v) is 21.9. The first-order chi connectivity index (χ1) is 42.3. The Morgan fingerprint density at radius 2 is 0.640 bits per heavy atom. The van der Waals surface area contributed by atoms with Crippen molar-refractivity contribution < 1.29 is 9.59 Å². The van der Waals surface area contributed by atoms with Crippen molar-refractivity contribution >= 4 is 119 Å². The molecular weight excluding hydrogens is 1170 g/mol. The summed E-state index contributed by atoms with van der Waals surface area (Å²) in [6.07, 6.45) is 58.2. The molecule has 2 aliphatic heterocycles. The molecule has 0 spiro atoms. The quantitative estimate of drug-likeness (QED) is 0.0357. The zero-order chi connectivity index (χ0) is 60.3. The lowest BCUT2D eigenvalue weighted by atomic mass is 10.0. The van der Waals surface area contributed by atoms with Crippen LogP contribution in [0.2, 0.25) is 0 Å². The second-order valence-electron chi connectivity index (χ2n) is 26.2. The van der Waals surface area contributed by atoms with Gasteiger partial charge in [0.15, 0.2) is 0 Å². The van der Waals surface area contributed by atoms with E-state index in [2.05, 4.69) is 82.0 Å². The summed E-state index contributed by atoms with van der Waals surface area (Å²) in [7, 11) is 0. The average molecular weight is 1280 g/mol. The molecule has 0 aliphatic carbocycles. The highest BCUT2D eigenvalue weighted by Crippen LogP contribution is 2.56. The van der Waals surface area contributed by atoms with Gasteiger partial charge in [0.05, 0.1) is 60.5 Å². The fourth-order valence-electron chi connectivity index (χ4n) is 13.7. The van der Waals surface area contributed by atoms with Gasteiger partial charge < -0.3 is 9.80 Å². The second-order valence-corrected chi connectivity index (χ2v) is 32.9. The van der Waals surface area contributed by atoms with Crippen molar-refractivity contribution in [1.29, 1.82) is 0 Å². The summed E-state index contributed by atoms with van der Waals surface area (Å²) in [5.41, 5.74) is 6.06. The maximum atomic E-state index is 15.4. The van der Waals surface area contributed by atoms with Crippen LogP contribution in [0.4, 0.5) is 0 Å². The average Bonchev–Trinajstić information content (AvgIpc) is 1.62. The molecule has 8 heterocycles. The van der Waals surface area contributed by atoms with Crippen LogP contribution in [0, 0.1) is 20.8 Å². The zero-order valence-electron chi connectivity index (χ0n) is 55.0. The lowest BCUT2D eigenvalue weighted by Crippen LogP contribution is -2.30. The van der Waals surface area contributed by atoms with Crippen molar-refractivity contribution in [3.8, 4) is 9.75 Å². The smallest absolute Gasteiger partial charge is 0.261 e. The van der Waals surface area contributed by atoms with Crippen LogP contribution < -0.4 is 0 Å². The number of hydrogen-bond acceptors (Lipinski definition) is 8. The normalized spacial score (nSPS) is 13.9. The van der Waals surface area contributed by atoms with E-state index in [-0.39, 0.29) is 11.8 Å². The van der Waals surface area contributed by atoms with Gasteiger partial charge in [-0.15, -0.1) is 68.0 Å². The summed E-state index contributed by atoms with van der Waals surface area (Å²) in [6, 6.07) is 8.97. The van der Waals surface area contributed by atoms with Crippen LogP contribution in [-0.4, -0.2) is 34.7 Å². The molecule has 0 radical (unpaired) electrons. The van der Waals surface area contributed by atoms with Gasteiger partial charge in [-0.2, -0.15) is 0 Å². The van der Waals surface area contributed by atoms with Crippen LogP contribution in [0.3, 0.4) is 0 Å². The highest BCUT2D eigenvalue weighted by atomic mass is 32.1. The van der Waals surface area contributed by atoms with Gasteiger partial charge in [-0.1, -0.05) is 278 Å². The van der Waals surface area contributed by atoms with E-state index >= 15 is 9.59 Å². The molecule has 0 aromatic carbocycles. The van der Waals surface area contributed by atoms with E-state index in [0.29, 0.717) is 24.2 Å². The molecule has 86 heavy (non-hydrogen) atoms. The third-order valence-corrected chi connectivity index (χ3v) is 27.0. The SMILES string of the molecule is CCCCCCCCCCCCCCCCCc1c(-c2ccc(C3=C4C(=O)N(CCCCCCCCCCCCCCCC)C(c5ccc(C)s5)=C4C(=O)N3CCCCCCCCCCCCCCCC)s2)sc2c1sc1c3sc(C)c(C)c3sc21. The van der Waals surface area contributed by atoms with Gasteiger partial charge in [0.2, 0.25) is 0 Å². The Labute approximate surface area is 547 Å². The standard InChI is InChI=1S/C76H114N2O2S6/c1-7-10-13-16-19-22-25-28-31-32-35-38-41-44-47-50-60-69(85-72-70(60)86-73-71-68(84-74(72)73)58(5)59(6)82-71)63-54-53-62(83-63)67-65-64(75(79)78(67)56-49-46-43-40-37-34-30-27-24-21-18-15-12-9-3)66(61-52-51-57(4)81-61)77(76(65)80)55-48-45-42-39-36-33-29-26-23-20-17-14-11-8-2/h51-54H,7-50,55-56H2,1-6H3. The number of carbonyl (C=O) groups excluding carboxylic acids is 2. The maximum Gasteiger partial charge on any atom is 0.261 e. The van der Waals surface area contributed by atoms with E-state index in [1.54, 1.807) is 11.3 Å². The van der Waals surface area contributed by atoms with E-state index in [1.165, 1.54) is 309 Å². The summed E-state index contributed by atoms with van der Waals surface area (Å²) < 4.78 is 8.92. The number of nitrogens with zero attached hydrogens (tertiary/aromatic N) is 2. The van der Waals surface area contributed by atoms with Crippen LogP contribution in [0.5, 0.6) is 0 Å². The van der Waals surface area contributed by atoms with E-state index in [1.807, 2.05) is 50.2 Å². The number of carbonyl (C=O) groups is 2. The minimum Gasteiger partial charge on any atom is -0.306 e. The van der Waals surface area contributed by atoms with Crippen molar-refractivity contribution in [3.63, 3.8) is 0 Å². The molecule has 0 fully saturated rings. The summed E-state index contributed by atoms with van der Waals surface area (Å²) in [5, 5.41) is 0. The van der Waals surface area contributed by atoms with Gasteiger partial charge in [0.25, 0.3) is 11.8 Å². The summed E-state index contributed by atoms with van der Waals surface area (Å²) >= 11 is 11.6. The fraction of sp³-hybridized carbons (Fsp3) is 0.684. The number of fused-ring (bicyclic) bond motifs is 6. The largest absolute Gasteiger partial charge is 0.306 e. The molecule has 0 saturated heterocycles. The molecule has 0 bridgehead atoms. The van der Waals surface area contributed by atoms with Crippen molar-refractivity contribution in [2.45, 2.75) is 324 Å². The Balaban J connectivity index is 0.978. The van der Waals surface area contributed by atoms with Gasteiger partial charge >= 0.3 is 0 Å². The summed E-state index contributed by atoms with van der Waals surface area (Å²) in [4.78, 5) is 42.5. The Morgan fingerprint density at radius 1 is 0.314 bits per heavy atom. The second kappa shape index (κ2) is 38.3. The highest BCUT2D eigenvalue weighted by Gasteiger charge is 2.49. The van der Waals surface area contributed by atoms with Gasteiger partial charge in [-0.25, -0.2) is 0 Å². The molecule has 0 saturated carbocycles. The van der Waals surface area contributed by atoms with Crippen LogP contribution in [0.25, 0.3) is 49.3 Å². The minimum absolute atomic E-state index is 0.0357. The first-order valence-electron chi connectivity index (χ1n) is 35.9. The van der Waals surface area contributed by atoms with Crippen LogP contribution >= 0.6 is 68.0 Å². The lowest BCUT2D eigenvalue weighted by molar-refractivity contribution is -0.124. The molecule has 2 amide bonds. The Bertz CT molecular complexity index is 3020. The number of unbranched alkanes of at least 4 members (excludes halogenated alkanes) is 40. The van der Waals surface area contributed by atoms with Crippen LogP contribution in [0.15, 0.2) is 35.4 Å². The molecule has 6 aromatic heterocycles. The van der Waals surface area contributed by atoms with E-state index in [9.17, 15) is 0 Å². The van der Waals surface area contributed by atoms with E-state index in [0.717, 1.165) is 53.3 Å². The number of rotatable bonds is 49. The van der Waals surface area contributed by atoms with E-state index in [4.69, 9.17) is 0 Å². The predicted molar refractivity (Wildman–Crippen MR) is 389 cm³/mol. The first kappa shape index (κ1) is 69.3. The molecular formula is C76H114N2O2S6. The molecule has 4 nitrogen and oxygen atoms in total. The predicted octanol–water partition coefficient (Wildman–Crippen LogP) is 27.3. The molecule has 6 aromatic rings. The minimum atomic E-state index is 0.0357. The maximum absolute atomic E-state index is 15.4. The number of hydrogen-bond donors (Lipinski definition) is 0. The van der Waals surface area contributed by atoms with Crippen molar-refractivity contribution in [3.05, 3.63) is 66.0 Å². The monoisotopic (exact) mass is 1280 g/mol. The lowest BCUT2D eigenvalue weighted by Gasteiger charge is -2.24. The van der Waals surface area contributed by atoms with Crippen molar-refractivity contribution in [2.24, 2.45) is 0 Å². The molecule has 10 heteroatoms. The van der Waals surface area contributed by atoms with E-state index < -0.39 is 0 Å². The Kier molecular flexibility index (Phi) is 30.9. The van der Waals surface area contributed by atoms with Crippen LogP contribution in [0.1, 0.15) is 328 Å². The molecule has 0 unspecified atom stereocenters. The number of thiophene rings is 6. The van der Waals surface area contributed by atoms with Gasteiger partial charge in [0.1, 0.15) is 0 Å². The van der Waals surface area contributed by atoms with Crippen LogP contribution in [-0.2, 0) is 16.0 Å². The topological polar surface area (TPSA) is 40.6 Å². The number of aryl methyl sites for hydroxylation is 4. The molecule has 8 rings (SSSR count). The Morgan fingerprint density at radius 3 is 1.03 bits per heavy atom. The third-order valence-electron chi connectivity index (χ3n) is 19.0. The highest BCUT2D eigenvalue weighted by molar-refractivity contribution is 7.45. The molecule has 0 atom stereocenters. The molecule has 476 valence electrons. The van der Waals surface area contributed by atoms with Crippen molar-refractivity contribution in [1.82, 2.24) is 9.80 Å². The molecule has 2 aliphatic rings. The zero-order valence-corrected chi connectivity index (χ0v) is 59.9. The summed E-state index contributed by atoms with van der Waals surface area (Å²) in [6.45, 7) is 15.0. The van der Waals surface area contributed by atoms with Gasteiger partial charge in [-0.3, -0.25) is 9.59 Å². The molecule has 0 N–H and O–H groups in total.